The zero-order valence-corrected chi connectivity index (χ0v) is 30.3. The average Bonchev–Trinajstić information content (AvgIpc) is 3.96. The second-order valence-electron chi connectivity index (χ2n) is 13.9. The Kier molecular flexibility index (Phi) is 4.64. The summed E-state index contributed by atoms with van der Waals surface area (Å²) in [6, 6.07) is 27.4. The van der Waals surface area contributed by atoms with Crippen molar-refractivity contribution in [3.05, 3.63) is 206 Å². The molecule has 0 bridgehead atoms. The maximum atomic E-state index is 9.68. The minimum absolute atomic E-state index is 0.0569. The molecule has 0 N–H and O–H groups in total. The maximum absolute atomic E-state index is 9.68. The van der Waals surface area contributed by atoms with Crippen molar-refractivity contribution in [3.8, 4) is 45.1 Å². The minimum atomic E-state index is -0.749. The van der Waals surface area contributed by atoms with Crippen LogP contribution in [0.3, 0.4) is 0 Å². The van der Waals surface area contributed by atoms with E-state index in [1.807, 2.05) is 72.8 Å². The van der Waals surface area contributed by atoms with Crippen molar-refractivity contribution >= 4 is 65.3 Å². The second-order valence-corrected chi connectivity index (χ2v) is 13.9. The number of benzene rings is 9. The van der Waals surface area contributed by atoms with Crippen LogP contribution in [-0.2, 0) is 0 Å². The lowest BCUT2D eigenvalue weighted by atomic mass is 10.0. The van der Waals surface area contributed by atoms with Crippen LogP contribution in [0.1, 0.15) is 20.6 Å². The van der Waals surface area contributed by atoms with E-state index < -0.39 is 96.3 Å². The Morgan fingerprint density at radius 1 is 0.379 bits per heavy atom. The molecule has 0 saturated carbocycles. The van der Waals surface area contributed by atoms with Crippen LogP contribution in [0.4, 0.5) is 0 Å². The van der Waals surface area contributed by atoms with Gasteiger partial charge in [-0.1, -0.05) is 145 Å². The normalized spacial score (nSPS) is 15.4. The Bertz CT molecular complexity index is 4400. The summed E-state index contributed by atoms with van der Waals surface area (Å²) in [5.41, 5.74) is 3.90. The average molecular weight is 754 g/mol. The van der Waals surface area contributed by atoms with Crippen LogP contribution >= 0.6 is 0 Å². The van der Waals surface area contributed by atoms with Crippen LogP contribution in [0.15, 0.2) is 206 Å². The molecule has 12 rings (SSSR count). The largest absolute Gasteiger partial charge is 0.309 e. The summed E-state index contributed by atoms with van der Waals surface area (Å²) in [5.74, 6) is 0.542. The Morgan fingerprint density at radius 3 is 1.64 bits per heavy atom. The topological polar surface area (TPSA) is 35.6 Å². The van der Waals surface area contributed by atoms with Crippen molar-refractivity contribution in [2.24, 2.45) is 0 Å². The van der Waals surface area contributed by atoms with E-state index >= 15 is 0 Å². The molecule has 270 valence electrons. The Balaban J connectivity index is 1.06. The van der Waals surface area contributed by atoms with Crippen molar-refractivity contribution in [1.82, 2.24) is 19.1 Å². The first kappa shape index (κ1) is 20.9. The van der Waals surface area contributed by atoms with Crippen LogP contribution in [0, 0.1) is 0 Å². The molecule has 0 aliphatic heterocycles. The van der Waals surface area contributed by atoms with Crippen molar-refractivity contribution in [3.63, 3.8) is 0 Å². The highest BCUT2D eigenvalue weighted by Crippen LogP contribution is 2.42. The molecule has 0 unspecified atom stereocenters. The van der Waals surface area contributed by atoms with Gasteiger partial charge in [0.1, 0.15) is 0 Å². The molecule has 4 nitrogen and oxygen atoms in total. The van der Waals surface area contributed by atoms with Crippen molar-refractivity contribution < 1.29 is 20.6 Å². The molecule has 3 heterocycles. The Hall–Kier alpha value is -7.82. The molecule has 0 amide bonds. The summed E-state index contributed by atoms with van der Waals surface area (Å²) >= 11 is 0. The van der Waals surface area contributed by atoms with Crippen LogP contribution in [0.2, 0.25) is 0 Å². The van der Waals surface area contributed by atoms with Gasteiger partial charge in [0, 0.05) is 49.4 Å². The molecular weight excluding hydrogens is 705 g/mol. The summed E-state index contributed by atoms with van der Waals surface area (Å²) < 4.78 is 137. The van der Waals surface area contributed by atoms with Gasteiger partial charge in [0.2, 0.25) is 0 Å². The van der Waals surface area contributed by atoms with Gasteiger partial charge in [-0.15, -0.1) is 0 Å². The number of nitrogens with zero attached hydrogens (tertiary/aromatic N) is 4. The third-order valence-corrected chi connectivity index (χ3v) is 10.7. The van der Waals surface area contributed by atoms with E-state index in [4.69, 9.17) is 23.7 Å². The number of hydrogen-bond acceptors (Lipinski definition) is 2. The molecule has 0 fully saturated rings. The van der Waals surface area contributed by atoms with Gasteiger partial charge in [0.05, 0.1) is 53.8 Å². The van der Waals surface area contributed by atoms with E-state index in [0.29, 0.717) is 11.5 Å². The van der Waals surface area contributed by atoms with Crippen LogP contribution in [0.5, 0.6) is 0 Å². The fourth-order valence-electron chi connectivity index (χ4n) is 8.05. The molecule has 3 aromatic heterocycles. The van der Waals surface area contributed by atoms with E-state index in [2.05, 4.69) is 30.3 Å². The molecule has 58 heavy (non-hydrogen) atoms. The summed E-state index contributed by atoms with van der Waals surface area (Å²) in [6.45, 7) is 0. The smallest absolute Gasteiger partial charge is 0.160 e. The van der Waals surface area contributed by atoms with E-state index in [0.717, 1.165) is 54.2 Å². The predicted octanol–water partition coefficient (Wildman–Crippen LogP) is 14.0. The molecule has 0 saturated heterocycles. The van der Waals surface area contributed by atoms with Crippen LogP contribution in [-0.4, -0.2) is 19.1 Å². The zero-order chi connectivity index (χ0) is 51.2. The molecule has 0 spiro atoms. The van der Waals surface area contributed by atoms with E-state index in [9.17, 15) is 6.85 Å². The third-order valence-electron chi connectivity index (χ3n) is 10.7. The van der Waals surface area contributed by atoms with E-state index in [1.165, 1.54) is 4.57 Å². The molecule has 0 aliphatic rings. The highest BCUT2D eigenvalue weighted by atomic mass is 15.0. The number of hydrogen-bond donors (Lipinski definition) is 0. The summed E-state index contributed by atoms with van der Waals surface area (Å²) in [5, 5.41) is 2.60. The van der Waals surface area contributed by atoms with Crippen molar-refractivity contribution in [2.75, 3.05) is 0 Å². The quantitative estimate of drug-likeness (QED) is 0.175. The Labute approximate surface area is 355 Å². The molecular formula is C54H34N4. The summed E-state index contributed by atoms with van der Waals surface area (Å²) in [4.78, 5) is 10.0. The highest BCUT2D eigenvalue weighted by Gasteiger charge is 2.20. The van der Waals surface area contributed by atoms with Gasteiger partial charge in [-0.3, -0.25) is 0 Å². The lowest BCUT2D eigenvalue weighted by Gasteiger charge is -2.11. The van der Waals surface area contributed by atoms with Gasteiger partial charge in [0.25, 0.3) is 0 Å². The highest BCUT2D eigenvalue weighted by molar-refractivity contribution is 6.28. The number of para-hydroxylation sites is 4. The van der Waals surface area contributed by atoms with Gasteiger partial charge in [-0.05, 0) is 82.4 Å². The number of fused-ring (bicyclic) bond motifs is 9. The van der Waals surface area contributed by atoms with E-state index in [-0.39, 0.29) is 43.6 Å². The standard InChI is InChI=1S/C54H34N4/c1-2-14-41(15-3-1)57-47-20-10-7-17-44(47)51-49(57)32-33-50-52(51)45-18-8-11-21-48(45)58(50)42-30-28-37(29-31-42)36-22-25-38(26-23-36)54-55-46-19-9-6-16-43(46)53(56-54)40-27-24-35-12-4-5-13-39(35)34-40/h1-34H/i1D,2D,3D,7D,8D,10D,11D,14D,15D,17D,18D,20D,21D,32D,33D. The molecule has 12 aromatic rings. The SMILES string of the molecule is [2H]c1c([2H])c([2H])c(-n2c3c([2H])c([2H])c([2H])c([2H])c3c3c4c5c([2H])c([2H])c([2H])c([2H])c5n(-c5ccc(-c6ccc(-c7nc(-c8ccc9ccccc9c8)c8ccccc8n7)cc6)cc5)c4c([2H])c([2H])c32)c([2H])c1[2H]. The lowest BCUT2D eigenvalue weighted by Crippen LogP contribution is -1.95. The predicted molar refractivity (Wildman–Crippen MR) is 242 cm³/mol. The molecule has 4 heteroatoms. The lowest BCUT2D eigenvalue weighted by molar-refractivity contribution is 1.17. The second kappa shape index (κ2) is 12.9. The third kappa shape index (κ3) is 5.02. The first-order valence-electron chi connectivity index (χ1n) is 26.0. The van der Waals surface area contributed by atoms with Gasteiger partial charge in [-0.2, -0.15) is 0 Å². The molecule has 0 atom stereocenters. The van der Waals surface area contributed by atoms with Crippen molar-refractivity contribution in [1.29, 1.82) is 0 Å². The summed E-state index contributed by atoms with van der Waals surface area (Å²) in [7, 11) is 0. The van der Waals surface area contributed by atoms with Crippen molar-refractivity contribution in [2.45, 2.75) is 0 Å². The van der Waals surface area contributed by atoms with Crippen LogP contribution in [0.25, 0.3) is 110 Å². The number of aromatic nitrogens is 4. The molecule has 0 radical (unpaired) electrons. The first-order chi connectivity index (χ1) is 35.0. The zero-order valence-electron chi connectivity index (χ0n) is 45.3. The van der Waals surface area contributed by atoms with Gasteiger partial charge in [0.15, 0.2) is 5.82 Å². The van der Waals surface area contributed by atoms with Gasteiger partial charge >= 0.3 is 0 Å². The number of rotatable bonds is 5. The fraction of sp³-hybridized carbons (Fsp3) is 0. The Morgan fingerprint density at radius 2 is 0.931 bits per heavy atom. The molecule has 9 aromatic carbocycles. The fourth-order valence-corrected chi connectivity index (χ4v) is 8.05. The summed E-state index contributed by atoms with van der Waals surface area (Å²) in [6.07, 6.45) is 0. The monoisotopic (exact) mass is 753 g/mol. The van der Waals surface area contributed by atoms with Gasteiger partial charge in [-0.25, -0.2) is 9.97 Å². The van der Waals surface area contributed by atoms with Crippen LogP contribution < -0.4 is 0 Å². The van der Waals surface area contributed by atoms with E-state index in [1.54, 1.807) is 12.1 Å². The maximum Gasteiger partial charge on any atom is 0.160 e. The van der Waals surface area contributed by atoms with Gasteiger partial charge < -0.3 is 9.13 Å². The molecule has 0 aliphatic carbocycles. The first-order valence-corrected chi connectivity index (χ1v) is 18.5. The minimum Gasteiger partial charge on any atom is -0.309 e.